The van der Waals surface area contributed by atoms with Crippen LogP contribution in [0, 0.1) is 13.8 Å². The summed E-state index contributed by atoms with van der Waals surface area (Å²) in [6.45, 7) is 3.74. The maximum absolute atomic E-state index is 12.7. The molecule has 0 unspecified atom stereocenters. The molecule has 0 bridgehead atoms. The fourth-order valence-electron chi connectivity index (χ4n) is 2.53. The van der Waals surface area contributed by atoms with Crippen LogP contribution in [-0.2, 0) is 0 Å². The Bertz CT molecular complexity index is 1020. The zero-order chi connectivity index (χ0) is 18.8. The van der Waals surface area contributed by atoms with E-state index in [1.54, 1.807) is 13.0 Å². The Morgan fingerprint density at radius 2 is 1.73 bits per heavy atom. The Morgan fingerprint density at radius 1 is 1.04 bits per heavy atom. The Hall–Kier alpha value is -2.86. The minimum Gasteiger partial charge on any atom is -0.378 e. The molecule has 134 valence electrons. The third-order valence-electron chi connectivity index (χ3n) is 4.03. The van der Waals surface area contributed by atoms with Crippen molar-refractivity contribution < 1.29 is 0 Å². The highest BCUT2D eigenvalue weighted by Crippen LogP contribution is 2.27. The van der Waals surface area contributed by atoms with Crippen molar-refractivity contribution in [3.8, 4) is 5.69 Å². The molecule has 1 heterocycles. The number of aryl methyl sites for hydroxylation is 2. The van der Waals surface area contributed by atoms with Gasteiger partial charge in [-0.25, -0.2) is 4.68 Å². The van der Waals surface area contributed by atoms with Gasteiger partial charge in [0.1, 0.15) is 5.69 Å². The van der Waals surface area contributed by atoms with E-state index in [2.05, 4.69) is 15.3 Å². The van der Waals surface area contributed by atoms with E-state index in [0.29, 0.717) is 16.4 Å². The summed E-state index contributed by atoms with van der Waals surface area (Å²) in [6.07, 6.45) is 0. The van der Waals surface area contributed by atoms with E-state index in [-0.39, 0.29) is 11.2 Å². The van der Waals surface area contributed by atoms with Gasteiger partial charge < -0.3 is 4.90 Å². The van der Waals surface area contributed by atoms with Crippen molar-refractivity contribution in [2.75, 3.05) is 19.0 Å². The average molecular weight is 370 g/mol. The number of H-pyrrole nitrogens is 1. The van der Waals surface area contributed by atoms with Gasteiger partial charge in [0.2, 0.25) is 0 Å². The van der Waals surface area contributed by atoms with Gasteiger partial charge in [-0.3, -0.25) is 9.89 Å². The number of azo groups is 1. The quantitative estimate of drug-likeness (QED) is 0.663. The van der Waals surface area contributed by atoms with Crippen molar-refractivity contribution in [2.45, 2.75) is 13.8 Å². The third-order valence-corrected chi connectivity index (χ3v) is 4.33. The van der Waals surface area contributed by atoms with Gasteiger partial charge in [0, 0.05) is 19.8 Å². The molecule has 1 aromatic heterocycles. The number of hydrogen-bond donors (Lipinski definition) is 1. The fourth-order valence-corrected chi connectivity index (χ4v) is 2.81. The summed E-state index contributed by atoms with van der Waals surface area (Å²) in [4.78, 5) is 14.7. The number of nitrogens with zero attached hydrogens (tertiary/aromatic N) is 4. The van der Waals surface area contributed by atoms with Gasteiger partial charge in [0.15, 0.2) is 5.69 Å². The van der Waals surface area contributed by atoms with Gasteiger partial charge in [-0.05, 0) is 55.8 Å². The fraction of sp³-hybridized carbons (Fsp3) is 0.211. The van der Waals surface area contributed by atoms with Crippen LogP contribution in [0.2, 0.25) is 5.02 Å². The number of rotatable bonds is 4. The van der Waals surface area contributed by atoms with Crippen LogP contribution in [-0.4, -0.2) is 23.9 Å². The molecule has 3 rings (SSSR count). The number of halogens is 1. The predicted molar refractivity (Wildman–Crippen MR) is 106 cm³/mol. The molecule has 6 nitrogen and oxygen atoms in total. The first kappa shape index (κ1) is 17.9. The SMILES string of the molecule is Cc1ccc(N=Nc2c(C)[nH]n(-c3ccc(N(C)C)cc3)c2=O)c(Cl)c1. The van der Waals surface area contributed by atoms with Crippen molar-refractivity contribution in [3.63, 3.8) is 0 Å². The van der Waals surface area contributed by atoms with Crippen LogP contribution in [0.25, 0.3) is 5.69 Å². The molecule has 1 N–H and O–H groups in total. The monoisotopic (exact) mass is 369 g/mol. The zero-order valence-electron chi connectivity index (χ0n) is 15.1. The van der Waals surface area contributed by atoms with Gasteiger partial charge in [0.25, 0.3) is 5.56 Å². The van der Waals surface area contributed by atoms with Gasteiger partial charge in [-0.2, -0.15) is 0 Å². The lowest BCUT2D eigenvalue weighted by molar-refractivity contribution is 0.835. The molecular weight excluding hydrogens is 350 g/mol. The van der Waals surface area contributed by atoms with E-state index in [1.807, 2.05) is 62.3 Å². The molecule has 0 fully saturated rings. The Morgan fingerprint density at radius 3 is 2.35 bits per heavy atom. The zero-order valence-corrected chi connectivity index (χ0v) is 15.9. The van der Waals surface area contributed by atoms with E-state index >= 15 is 0 Å². The number of aromatic amines is 1. The molecule has 0 saturated carbocycles. The molecule has 0 amide bonds. The van der Waals surface area contributed by atoms with Crippen LogP contribution in [0.1, 0.15) is 11.3 Å². The highest BCUT2D eigenvalue weighted by atomic mass is 35.5. The minimum atomic E-state index is -0.257. The number of hydrogen-bond acceptors (Lipinski definition) is 4. The molecule has 7 heteroatoms. The summed E-state index contributed by atoms with van der Waals surface area (Å²) in [5.74, 6) is 0. The molecular formula is C19H20ClN5O. The molecule has 26 heavy (non-hydrogen) atoms. The first-order valence-electron chi connectivity index (χ1n) is 8.14. The second kappa shape index (κ2) is 7.17. The largest absolute Gasteiger partial charge is 0.378 e. The topological polar surface area (TPSA) is 65.8 Å². The summed E-state index contributed by atoms with van der Waals surface area (Å²) >= 11 is 6.17. The van der Waals surface area contributed by atoms with Crippen molar-refractivity contribution in [2.24, 2.45) is 10.2 Å². The molecule has 0 spiro atoms. The summed E-state index contributed by atoms with van der Waals surface area (Å²) in [6, 6.07) is 13.1. The van der Waals surface area contributed by atoms with E-state index in [4.69, 9.17) is 11.6 Å². The van der Waals surface area contributed by atoms with E-state index in [0.717, 1.165) is 16.9 Å². The second-order valence-corrected chi connectivity index (χ2v) is 6.70. The van der Waals surface area contributed by atoms with E-state index < -0.39 is 0 Å². The summed E-state index contributed by atoms with van der Waals surface area (Å²) in [5, 5.41) is 11.8. The van der Waals surface area contributed by atoms with Crippen LogP contribution in [0.5, 0.6) is 0 Å². The van der Waals surface area contributed by atoms with Crippen molar-refractivity contribution in [1.82, 2.24) is 9.78 Å². The number of nitrogens with one attached hydrogen (secondary N) is 1. The maximum atomic E-state index is 12.7. The van der Waals surface area contributed by atoms with Gasteiger partial charge in [-0.15, -0.1) is 10.2 Å². The standard InChI is InChI=1S/C19H20ClN5O/c1-12-5-10-17(16(20)11-12)21-22-18-13(2)23-25(19(18)26)15-8-6-14(7-9-15)24(3)4/h5-11,23H,1-4H3. The van der Waals surface area contributed by atoms with E-state index in [1.165, 1.54) is 4.68 Å². The van der Waals surface area contributed by atoms with Crippen LogP contribution < -0.4 is 10.5 Å². The minimum absolute atomic E-state index is 0.257. The molecule has 0 aliphatic heterocycles. The van der Waals surface area contributed by atoms with Crippen LogP contribution in [0.15, 0.2) is 57.5 Å². The molecule has 0 aliphatic carbocycles. The normalized spacial score (nSPS) is 11.3. The van der Waals surface area contributed by atoms with Gasteiger partial charge in [-0.1, -0.05) is 17.7 Å². The average Bonchev–Trinajstić information content (AvgIpc) is 2.89. The van der Waals surface area contributed by atoms with Crippen molar-refractivity contribution in [3.05, 3.63) is 69.1 Å². The van der Waals surface area contributed by atoms with Crippen molar-refractivity contribution >= 4 is 28.7 Å². The lowest BCUT2D eigenvalue weighted by atomic mass is 10.2. The molecule has 3 aromatic rings. The number of aromatic nitrogens is 2. The van der Waals surface area contributed by atoms with Crippen LogP contribution in [0.4, 0.5) is 17.1 Å². The molecule has 0 radical (unpaired) electrons. The molecule has 0 saturated heterocycles. The Labute approximate surface area is 156 Å². The smallest absolute Gasteiger partial charge is 0.299 e. The molecule has 2 aromatic carbocycles. The first-order valence-corrected chi connectivity index (χ1v) is 8.52. The van der Waals surface area contributed by atoms with E-state index in [9.17, 15) is 4.79 Å². The Kier molecular flexibility index (Phi) is 4.95. The highest BCUT2D eigenvalue weighted by molar-refractivity contribution is 6.33. The second-order valence-electron chi connectivity index (χ2n) is 6.29. The highest BCUT2D eigenvalue weighted by Gasteiger charge is 2.12. The van der Waals surface area contributed by atoms with Gasteiger partial charge >= 0.3 is 0 Å². The van der Waals surface area contributed by atoms with Gasteiger partial charge in [0.05, 0.1) is 16.4 Å². The lowest BCUT2D eigenvalue weighted by Gasteiger charge is -2.12. The van der Waals surface area contributed by atoms with Crippen LogP contribution >= 0.6 is 11.6 Å². The first-order chi connectivity index (χ1) is 12.4. The summed E-state index contributed by atoms with van der Waals surface area (Å²) in [7, 11) is 3.93. The van der Waals surface area contributed by atoms with Crippen molar-refractivity contribution in [1.29, 1.82) is 0 Å². The molecule has 0 aliphatic rings. The number of benzene rings is 2. The Balaban J connectivity index is 1.95. The lowest BCUT2D eigenvalue weighted by Crippen LogP contribution is -2.14. The van der Waals surface area contributed by atoms with Crippen LogP contribution in [0.3, 0.4) is 0 Å². The predicted octanol–water partition coefficient (Wildman–Crippen LogP) is 4.92. The molecule has 0 atom stereocenters. The summed E-state index contributed by atoms with van der Waals surface area (Å²) in [5.41, 5.74) is 4.00. The number of anilines is 1. The maximum Gasteiger partial charge on any atom is 0.299 e. The third kappa shape index (κ3) is 3.55. The summed E-state index contributed by atoms with van der Waals surface area (Å²) < 4.78 is 1.46.